The average molecular weight is 367 g/mol. The summed E-state index contributed by atoms with van der Waals surface area (Å²) >= 11 is 3.20. The van der Waals surface area contributed by atoms with Crippen molar-refractivity contribution >= 4 is 27.8 Å². The number of nitrogens with one attached hydrogen (secondary N) is 1. The molecule has 0 aromatic heterocycles. The van der Waals surface area contributed by atoms with E-state index < -0.39 is 17.7 Å². The van der Waals surface area contributed by atoms with E-state index in [-0.39, 0.29) is 12.5 Å². The van der Waals surface area contributed by atoms with Crippen molar-refractivity contribution in [3.8, 4) is 0 Å². The zero-order chi connectivity index (χ0) is 16.3. The molecule has 1 aromatic carbocycles. The van der Waals surface area contributed by atoms with E-state index in [0.717, 1.165) is 5.56 Å². The summed E-state index contributed by atoms with van der Waals surface area (Å²) in [5, 5.41) is 3.12. The highest BCUT2D eigenvalue weighted by atomic mass is 79.9. The highest BCUT2D eigenvalue weighted by Gasteiger charge is 2.32. The molecular weight excluding hydrogens is 348 g/mol. The highest BCUT2D eigenvalue weighted by Crippen LogP contribution is 2.26. The molecule has 0 saturated heterocycles. The van der Waals surface area contributed by atoms with E-state index in [9.17, 15) is 9.59 Å². The summed E-state index contributed by atoms with van der Waals surface area (Å²) < 4.78 is 5.69. The van der Waals surface area contributed by atoms with E-state index in [0.29, 0.717) is 4.48 Å². The smallest absolute Gasteiger partial charge is 0.326 e. The van der Waals surface area contributed by atoms with Crippen LogP contribution in [-0.4, -0.2) is 28.9 Å². The number of rotatable bonds is 3. The molecule has 1 unspecified atom stereocenters. The molecule has 118 valence electrons. The van der Waals surface area contributed by atoms with Crippen molar-refractivity contribution in [2.75, 3.05) is 6.54 Å². The van der Waals surface area contributed by atoms with Crippen molar-refractivity contribution in [3.05, 3.63) is 46.6 Å². The van der Waals surface area contributed by atoms with Crippen molar-refractivity contribution in [3.63, 3.8) is 0 Å². The molecule has 1 aliphatic rings. The third-order valence-corrected chi connectivity index (χ3v) is 3.55. The molecule has 0 saturated carbocycles. The van der Waals surface area contributed by atoms with Crippen LogP contribution in [0.1, 0.15) is 32.5 Å². The van der Waals surface area contributed by atoms with Gasteiger partial charge in [0.2, 0.25) is 0 Å². The minimum atomic E-state index is -0.585. The SMILES string of the molecule is CC(C)(C)OC(=O)CN1C(=O)C(Br)=CNC1c1ccccc1. The van der Waals surface area contributed by atoms with Crippen LogP contribution < -0.4 is 5.32 Å². The van der Waals surface area contributed by atoms with Crippen LogP contribution >= 0.6 is 15.9 Å². The van der Waals surface area contributed by atoms with Crippen LogP contribution in [0.15, 0.2) is 41.0 Å². The van der Waals surface area contributed by atoms with Crippen LogP contribution in [-0.2, 0) is 14.3 Å². The fourth-order valence-corrected chi connectivity index (χ4v) is 2.51. The summed E-state index contributed by atoms with van der Waals surface area (Å²) in [5.41, 5.74) is 0.314. The van der Waals surface area contributed by atoms with Gasteiger partial charge in [-0.25, -0.2) is 0 Å². The Balaban J connectivity index is 2.22. The zero-order valence-electron chi connectivity index (χ0n) is 12.8. The van der Waals surface area contributed by atoms with Gasteiger partial charge in [-0.1, -0.05) is 30.3 Å². The highest BCUT2D eigenvalue weighted by molar-refractivity contribution is 9.12. The first-order chi connectivity index (χ1) is 10.3. The second kappa shape index (κ2) is 6.52. The van der Waals surface area contributed by atoms with E-state index in [2.05, 4.69) is 21.2 Å². The Morgan fingerprint density at radius 1 is 1.32 bits per heavy atom. The fraction of sp³-hybridized carbons (Fsp3) is 0.375. The molecule has 1 amide bonds. The summed E-state index contributed by atoms with van der Waals surface area (Å²) in [4.78, 5) is 25.9. The number of ether oxygens (including phenoxy) is 1. The number of nitrogens with zero attached hydrogens (tertiary/aromatic N) is 1. The summed E-state index contributed by atoms with van der Waals surface area (Å²) in [6, 6.07) is 9.49. The van der Waals surface area contributed by atoms with Crippen molar-refractivity contribution < 1.29 is 14.3 Å². The zero-order valence-corrected chi connectivity index (χ0v) is 14.4. The summed E-state index contributed by atoms with van der Waals surface area (Å²) in [7, 11) is 0. The first-order valence-corrected chi connectivity index (χ1v) is 7.77. The van der Waals surface area contributed by atoms with Crippen LogP contribution in [0.5, 0.6) is 0 Å². The van der Waals surface area contributed by atoms with Crippen LogP contribution in [0.25, 0.3) is 0 Å². The Labute approximate surface area is 138 Å². The molecule has 1 heterocycles. The molecule has 1 aliphatic heterocycles. The third-order valence-electron chi connectivity index (χ3n) is 2.98. The first kappa shape index (κ1) is 16.5. The number of halogens is 1. The van der Waals surface area contributed by atoms with Gasteiger partial charge in [0.05, 0.1) is 4.48 Å². The number of carbonyl (C=O) groups excluding carboxylic acids is 2. The molecule has 1 aromatic rings. The lowest BCUT2D eigenvalue weighted by atomic mass is 10.1. The van der Waals surface area contributed by atoms with Gasteiger partial charge in [-0.05, 0) is 42.3 Å². The molecule has 0 aliphatic carbocycles. The largest absolute Gasteiger partial charge is 0.459 e. The van der Waals surface area contributed by atoms with E-state index in [1.165, 1.54) is 4.90 Å². The number of benzene rings is 1. The van der Waals surface area contributed by atoms with Crippen molar-refractivity contribution in [1.29, 1.82) is 0 Å². The van der Waals surface area contributed by atoms with Crippen molar-refractivity contribution in [2.24, 2.45) is 0 Å². The fourth-order valence-electron chi connectivity index (χ4n) is 2.15. The van der Waals surface area contributed by atoms with E-state index in [1.807, 2.05) is 30.3 Å². The number of carbonyl (C=O) groups is 2. The standard InChI is InChI=1S/C16H19BrN2O3/c1-16(2,3)22-13(20)10-19-14(11-7-5-4-6-8-11)18-9-12(17)15(19)21/h4-9,14,18H,10H2,1-3H3. The van der Waals surface area contributed by atoms with Crippen molar-refractivity contribution in [2.45, 2.75) is 32.5 Å². The van der Waals surface area contributed by atoms with E-state index in [4.69, 9.17) is 4.74 Å². The molecule has 1 N–H and O–H groups in total. The Morgan fingerprint density at radius 3 is 2.55 bits per heavy atom. The van der Waals surface area contributed by atoms with Gasteiger partial charge >= 0.3 is 5.97 Å². The monoisotopic (exact) mass is 366 g/mol. The Kier molecular flexibility index (Phi) is 4.90. The predicted octanol–water partition coefficient (Wildman–Crippen LogP) is 2.70. The van der Waals surface area contributed by atoms with Gasteiger partial charge < -0.3 is 15.0 Å². The van der Waals surface area contributed by atoms with Gasteiger partial charge in [-0.3, -0.25) is 9.59 Å². The molecule has 2 rings (SSSR count). The lowest BCUT2D eigenvalue weighted by molar-refractivity contribution is -0.159. The molecule has 1 atom stereocenters. The van der Waals surface area contributed by atoms with Gasteiger partial charge in [0.1, 0.15) is 18.3 Å². The van der Waals surface area contributed by atoms with Crippen LogP contribution in [0, 0.1) is 0 Å². The quantitative estimate of drug-likeness (QED) is 0.835. The first-order valence-electron chi connectivity index (χ1n) is 6.97. The van der Waals surface area contributed by atoms with Gasteiger partial charge in [0.15, 0.2) is 0 Å². The molecule has 22 heavy (non-hydrogen) atoms. The summed E-state index contributed by atoms with van der Waals surface area (Å²) in [6.45, 7) is 5.27. The molecule has 6 heteroatoms. The van der Waals surface area contributed by atoms with Crippen molar-refractivity contribution in [1.82, 2.24) is 10.2 Å². The lowest BCUT2D eigenvalue weighted by Gasteiger charge is -2.35. The van der Waals surface area contributed by atoms with Crippen LogP contribution in [0.2, 0.25) is 0 Å². The summed E-state index contributed by atoms with van der Waals surface area (Å²) in [6.07, 6.45) is 1.20. The number of esters is 1. The van der Waals surface area contributed by atoms with Gasteiger partial charge in [0, 0.05) is 6.20 Å². The maximum atomic E-state index is 12.4. The summed E-state index contributed by atoms with van der Waals surface area (Å²) in [5.74, 6) is -0.691. The average Bonchev–Trinajstić information content (AvgIpc) is 2.43. The molecule has 0 bridgehead atoms. The Bertz CT molecular complexity index is 593. The maximum absolute atomic E-state index is 12.4. The number of hydrogen-bond acceptors (Lipinski definition) is 4. The van der Waals surface area contributed by atoms with Gasteiger partial charge in [-0.2, -0.15) is 0 Å². The Hall–Kier alpha value is -1.82. The van der Waals surface area contributed by atoms with E-state index >= 15 is 0 Å². The molecule has 0 fully saturated rings. The second-order valence-corrected chi connectivity index (χ2v) is 6.85. The minimum Gasteiger partial charge on any atom is -0.459 e. The van der Waals surface area contributed by atoms with Crippen LogP contribution in [0.3, 0.4) is 0 Å². The number of amides is 1. The van der Waals surface area contributed by atoms with Gasteiger partial charge in [0.25, 0.3) is 5.91 Å². The second-order valence-electron chi connectivity index (χ2n) is 5.99. The third kappa shape index (κ3) is 4.10. The molecule has 0 spiro atoms. The van der Waals surface area contributed by atoms with E-state index in [1.54, 1.807) is 27.0 Å². The predicted molar refractivity (Wildman–Crippen MR) is 86.9 cm³/mol. The molecule has 5 nitrogen and oxygen atoms in total. The Morgan fingerprint density at radius 2 is 1.95 bits per heavy atom. The molecular formula is C16H19BrN2O3. The number of hydrogen-bond donors (Lipinski definition) is 1. The minimum absolute atomic E-state index is 0.119. The van der Waals surface area contributed by atoms with Crippen LogP contribution in [0.4, 0.5) is 0 Å². The van der Waals surface area contributed by atoms with Gasteiger partial charge in [-0.15, -0.1) is 0 Å². The lowest BCUT2D eigenvalue weighted by Crippen LogP contribution is -2.47. The normalized spacial score (nSPS) is 18.5. The maximum Gasteiger partial charge on any atom is 0.326 e. The topological polar surface area (TPSA) is 58.6 Å². The molecule has 0 radical (unpaired) electrons.